The number of benzene rings is 3. The number of hydrazine groups is 1. The first-order chi connectivity index (χ1) is 22.8. The summed E-state index contributed by atoms with van der Waals surface area (Å²) < 4.78 is 14.9. The Balaban J connectivity index is 1.35. The molecule has 0 unspecified atom stereocenters. The molecule has 2 saturated heterocycles. The highest BCUT2D eigenvalue weighted by molar-refractivity contribution is 5.92. The first kappa shape index (κ1) is 31.6. The number of hydrogen-bond donors (Lipinski definition) is 1. The van der Waals surface area contributed by atoms with Gasteiger partial charge in [-0.3, -0.25) is 19.4 Å². The molecule has 3 amide bonds. The van der Waals surface area contributed by atoms with Gasteiger partial charge in [-0.25, -0.2) is 14.4 Å². The fraction of sp³-hybridized carbons (Fsp3) is 0.243. The number of rotatable bonds is 10. The van der Waals surface area contributed by atoms with Gasteiger partial charge in [0.15, 0.2) is 0 Å². The summed E-state index contributed by atoms with van der Waals surface area (Å²) in [4.78, 5) is 49.4. The van der Waals surface area contributed by atoms with Crippen molar-refractivity contribution in [3.8, 4) is 16.9 Å². The minimum absolute atomic E-state index is 0.0728. The van der Waals surface area contributed by atoms with Crippen molar-refractivity contribution < 1.29 is 23.9 Å². The van der Waals surface area contributed by atoms with E-state index in [0.717, 1.165) is 11.1 Å². The average molecular weight is 634 g/mol. The molecular formula is C37H36FN5O4. The number of fused-ring (bicyclic) bond motifs is 1. The maximum absolute atomic E-state index is 14.9. The summed E-state index contributed by atoms with van der Waals surface area (Å²) in [5.41, 5.74) is 3.53. The number of hydrogen-bond acceptors (Lipinski definition) is 6. The van der Waals surface area contributed by atoms with Crippen LogP contribution in [0.15, 0.2) is 110 Å². The third-order valence-corrected chi connectivity index (χ3v) is 8.66. The fourth-order valence-corrected chi connectivity index (χ4v) is 6.41. The fourth-order valence-electron chi connectivity index (χ4n) is 6.41. The smallest absolute Gasteiger partial charge is 0.246 e. The lowest BCUT2D eigenvalue weighted by molar-refractivity contribution is -0.205. The maximum atomic E-state index is 14.9. The lowest BCUT2D eigenvalue weighted by atomic mass is 9.97. The van der Waals surface area contributed by atoms with Crippen LogP contribution in [0.2, 0.25) is 0 Å². The van der Waals surface area contributed by atoms with Gasteiger partial charge >= 0.3 is 0 Å². The number of carbonyl (C=O) groups excluding carboxylic acids is 3. The van der Waals surface area contributed by atoms with Crippen LogP contribution in [-0.4, -0.2) is 79.5 Å². The Morgan fingerprint density at radius 1 is 0.957 bits per heavy atom. The summed E-state index contributed by atoms with van der Waals surface area (Å²) in [6, 6.07) is 23.5. The average Bonchev–Trinajstić information content (AvgIpc) is 3.08. The van der Waals surface area contributed by atoms with Crippen LogP contribution in [-0.2, 0) is 33.8 Å². The zero-order valence-electron chi connectivity index (χ0n) is 25.9. The Kier molecular flexibility index (Phi) is 9.40. The number of pyridine rings is 1. The van der Waals surface area contributed by atoms with Gasteiger partial charge in [0.25, 0.3) is 0 Å². The summed E-state index contributed by atoms with van der Waals surface area (Å²) >= 11 is 0. The molecule has 10 heteroatoms. The number of aromatic nitrogens is 1. The topological polar surface area (TPSA) is 97.3 Å². The van der Waals surface area contributed by atoms with E-state index in [1.165, 1.54) is 6.07 Å². The molecule has 1 N–H and O–H groups in total. The standard InChI is InChI=1S/C37H36FN5O4/c1-2-20-41-25-36(46)42-33(22-27-8-12-30(44)13-9-27)37(47)40(23-28-10-14-32(38)31(21-28)29-16-18-39-19-17-29)24-34(42)43(41)35(45)15-11-26-6-4-3-5-7-26/h2-10,12-14,16-19,21,33-34,44H,1,11,15,20,22-25H2/t33-,34-/m0/s1. The van der Waals surface area contributed by atoms with E-state index in [1.807, 2.05) is 30.3 Å². The summed E-state index contributed by atoms with van der Waals surface area (Å²) in [6.45, 7) is 4.27. The highest BCUT2D eigenvalue weighted by Crippen LogP contribution is 2.31. The van der Waals surface area contributed by atoms with E-state index in [4.69, 9.17) is 0 Å². The lowest BCUT2D eigenvalue weighted by Gasteiger charge is -2.55. The van der Waals surface area contributed by atoms with Crippen LogP contribution in [0.25, 0.3) is 11.1 Å². The molecule has 2 atom stereocenters. The predicted molar refractivity (Wildman–Crippen MR) is 175 cm³/mol. The number of aryl methyl sites for hydroxylation is 1. The van der Waals surface area contributed by atoms with Gasteiger partial charge in [0.2, 0.25) is 17.7 Å². The SMILES string of the molecule is C=CCN1CC(=O)N2[C@@H](Cc3ccc(O)cc3)C(=O)N(Cc3ccc(F)c(-c4ccncc4)c3)C[C@@H]2N1C(=O)CCc1ccccc1. The van der Waals surface area contributed by atoms with Gasteiger partial charge in [0, 0.05) is 43.9 Å². The van der Waals surface area contributed by atoms with Gasteiger partial charge in [-0.1, -0.05) is 54.6 Å². The van der Waals surface area contributed by atoms with Crippen LogP contribution >= 0.6 is 0 Å². The lowest BCUT2D eigenvalue weighted by Crippen LogP contribution is -2.75. The number of halogens is 1. The zero-order chi connectivity index (χ0) is 32.9. The highest BCUT2D eigenvalue weighted by atomic mass is 19.1. The number of carbonyl (C=O) groups is 3. The molecule has 2 aliphatic heterocycles. The second-order valence-electron chi connectivity index (χ2n) is 11.8. The molecule has 47 heavy (non-hydrogen) atoms. The van der Waals surface area contributed by atoms with E-state index in [9.17, 15) is 23.9 Å². The quantitative estimate of drug-likeness (QED) is 0.257. The molecule has 2 fully saturated rings. The molecule has 6 rings (SSSR count). The number of phenols is 1. The first-order valence-corrected chi connectivity index (χ1v) is 15.6. The molecule has 240 valence electrons. The Morgan fingerprint density at radius 3 is 2.40 bits per heavy atom. The molecule has 0 aliphatic carbocycles. The van der Waals surface area contributed by atoms with E-state index in [2.05, 4.69) is 11.6 Å². The van der Waals surface area contributed by atoms with Crippen molar-refractivity contribution in [3.05, 3.63) is 132 Å². The van der Waals surface area contributed by atoms with Crippen LogP contribution in [0.4, 0.5) is 4.39 Å². The van der Waals surface area contributed by atoms with Crippen LogP contribution in [0.5, 0.6) is 5.75 Å². The van der Waals surface area contributed by atoms with Crippen molar-refractivity contribution in [1.29, 1.82) is 0 Å². The van der Waals surface area contributed by atoms with E-state index in [-0.39, 0.29) is 62.5 Å². The summed E-state index contributed by atoms with van der Waals surface area (Å²) in [5, 5.41) is 13.2. The van der Waals surface area contributed by atoms with Gasteiger partial charge < -0.3 is 14.9 Å². The molecule has 3 aromatic carbocycles. The van der Waals surface area contributed by atoms with Gasteiger partial charge in [-0.2, -0.15) is 0 Å². The molecule has 2 aliphatic rings. The van der Waals surface area contributed by atoms with Crippen molar-refractivity contribution in [3.63, 3.8) is 0 Å². The zero-order valence-corrected chi connectivity index (χ0v) is 25.9. The van der Waals surface area contributed by atoms with Crippen LogP contribution in [0.1, 0.15) is 23.1 Å². The third kappa shape index (κ3) is 6.92. The Labute approximate surface area is 273 Å². The van der Waals surface area contributed by atoms with E-state index in [1.54, 1.807) is 86.8 Å². The Morgan fingerprint density at radius 2 is 1.68 bits per heavy atom. The van der Waals surface area contributed by atoms with Crippen molar-refractivity contribution >= 4 is 17.7 Å². The molecular weight excluding hydrogens is 597 g/mol. The molecule has 9 nitrogen and oxygen atoms in total. The van der Waals surface area contributed by atoms with E-state index in [0.29, 0.717) is 23.1 Å². The first-order valence-electron chi connectivity index (χ1n) is 15.6. The largest absolute Gasteiger partial charge is 0.508 e. The van der Waals surface area contributed by atoms with Crippen molar-refractivity contribution in [2.45, 2.75) is 38.0 Å². The van der Waals surface area contributed by atoms with E-state index >= 15 is 0 Å². The van der Waals surface area contributed by atoms with E-state index < -0.39 is 18.0 Å². The monoisotopic (exact) mass is 633 g/mol. The summed E-state index contributed by atoms with van der Waals surface area (Å²) in [5.74, 6) is -1.00. The minimum Gasteiger partial charge on any atom is -0.508 e. The van der Waals surface area contributed by atoms with Crippen molar-refractivity contribution in [1.82, 2.24) is 24.8 Å². The normalized spacial score (nSPS) is 18.3. The second-order valence-corrected chi connectivity index (χ2v) is 11.8. The summed E-state index contributed by atoms with van der Waals surface area (Å²) in [7, 11) is 0. The van der Waals surface area contributed by atoms with Gasteiger partial charge in [-0.15, -0.1) is 6.58 Å². The van der Waals surface area contributed by atoms with Crippen molar-refractivity contribution in [2.24, 2.45) is 0 Å². The number of amides is 3. The number of nitrogens with zero attached hydrogens (tertiary/aromatic N) is 5. The minimum atomic E-state index is -0.902. The maximum Gasteiger partial charge on any atom is 0.246 e. The van der Waals surface area contributed by atoms with Gasteiger partial charge in [0.05, 0.1) is 13.1 Å². The molecule has 4 aromatic rings. The van der Waals surface area contributed by atoms with Crippen LogP contribution < -0.4 is 0 Å². The molecule has 1 aromatic heterocycles. The van der Waals surface area contributed by atoms with Crippen LogP contribution in [0, 0.1) is 5.82 Å². The predicted octanol–water partition coefficient (Wildman–Crippen LogP) is 4.58. The van der Waals surface area contributed by atoms with Gasteiger partial charge in [0.1, 0.15) is 23.8 Å². The van der Waals surface area contributed by atoms with Gasteiger partial charge in [-0.05, 0) is 65.1 Å². The van der Waals surface area contributed by atoms with Crippen molar-refractivity contribution in [2.75, 3.05) is 19.6 Å². The number of aromatic hydroxyl groups is 1. The molecule has 0 spiro atoms. The highest BCUT2D eigenvalue weighted by Gasteiger charge is 2.51. The molecule has 0 bridgehead atoms. The number of phenolic OH excluding ortho intramolecular Hbond substituents is 1. The Hall–Kier alpha value is -5.35. The molecule has 0 saturated carbocycles. The second kappa shape index (κ2) is 14.0. The molecule has 3 heterocycles. The Bertz CT molecular complexity index is 1750. The number of piperazine rings is 1. The van der Waals surface area contributed by atoms with Crippen LogP contribution in [0.3, 0.4) is 0 Å². The molecule has 0 radical (unpaired) electrons. The third-order valence-electron chi connectivity index (χ3n) is 8.66. The summed E-state index contributed by atoms with van der Waals surface area (Å²) in [6.07, 6.45) is 4.99.